The summed E-state index contributed by atoms with van der Waals surface area (Å²) in [5.74, 6) is 0. The first kappa shape index (κ1) is 19.1. The molecular formula is C25H25ClN4. The van der Waals surface area contributed by atoms with Gasteiger partial charge < -0.3 is 9.47 Å². The van der Waals surface area contributed by atoms with Gasteiger partial charge in [-0.3, -0.25) is 9.97 Å². The summed E-state index contributed by atoms with van der Waals surface area (Å²) >= 11 is 6.18. The van der Waals surface area contributed by atoms with Crippen molar-refractivity contribution in [2.24, 2.45) is 0 Å². The number of benzene rings is 2. The fourth-order valence-corrected chi connectivity index (χ4v) is 5.08. The molecule has 0 radical (unpaired) electrons. The van der Waals surface area contributed by atoms with Crippen LogP contribution in [0.25, 0.3) is 22.0 Å². The number of aryl methyl sites for hydroxylation is 1. The van der Waals surface area contributed by atoms with Crippen LogP contribution in [0.15, 0.2) is 48.9 Å². The highest BCUT2D eigenvalue weighted by Gasteiger charge is 2.27. The summed E-state index contributed by atoms with van der Waals surface area (Å²) in [6, 6.07) is 10.6. The average molecular weight is 417 g/mol. The molecule has 4 aromatic rings. The Morgan fingerprint density at radius 1 is 1.07 bits per heavy atom. The number of hydrogen-bond donors (Lipinski definition) is 0. The summed E-state index contributed by atoms with van der Waals surface area (Å²) in [7, 11) is 0. The molecule has 0 atom stereocenters. The molecular weight excluding hydrogens is 392 g/mol. The van der Waals surface area contributed by atoms with Crippen LogP contribution < -0.4 is 4.90 Å². The van der Waals surface area contributed by atoms with Crippen LogP contribution in [0.1, 0.15) is 29.4 Å². The third-order valence-corrected chi connectivity index (χ3v) is 6.52. The second-order valence-corrected chi connectivity index (χ2v) is 8.44. The molecule has 0 spiro atoms. The topological polar surface area (TPSA) is 34.0 Å². The van der Waals surface area contributed by atoms with Gasteiger partial charge in [0.05, 0.1) is 29.6 Å². The standard InChI is InChI=1S/C25H25ClN4/c1-4-21-17(3)24-25-22(23(21)18-5-7-19(26)8-6-18)13-16(2)30(25)12-11-29(24)15-20-14-27-9-10-28-20/h5-10,13-14H,4,11-12,15H2,1-3H3. The van der Waals surface area contributed by atoms with Gasteiger partial charge >= 0.3 is 0 Å². The summed E-state index contributed by atoms with van der Waals surface area (Å²) in [6.45, 7) is 9.47. The number of aromatic nitrogens is 3. The molecule has 0 saturated carbocycles. The van der Waals surface area contributed by atoms with E-state index in [2.05, 4.69) is 58.4 Å². The molecule has 2 aromatic carbocycles. The molecule has 30 heavy (non-hydrogen) atoms. The summed E-state index contributed by atoms with van der Waals surface area (Å²) in [5.41, 5.74) is 10.3. The molecule has 0 amide bonds. The van der Waals surface area contributed by atoms with Crippen LogP contribution >= 0.6 is 11.6 Å². The molecule has 5 heteroatoms. The van der Waals surface area contributed by atoms with Crippen LogP contribution in [0.5, 0.6) is 0 Å². The first-order valence-corrected chi connectivity index (χ1v) is 10.9. The van der Waals surface area contributed by atoms with Crippen molar-refractivity contribution in [2.45, 2.75) is 40.3 Å². The molecule has 5 rings (SSSR count). The largest absolute Gasteiger partial charge is 0.362 e. The molecule has 4 nitrogen and oxygen atoms in total. The van der Waals surface area contributed by atoms with Crippen molar-refractivity contribution >= 4 is 28.2 Å². The van der Waals surface area contributed by atoms with Crippen LogP contribution in [0.4, 0.5) is 5.69 Å². The van der Waals surface area contributed by atoms with Gasteiger partial charge in [0.15, 0.2) is 0 Å². The van der Waals surface area contributed by atoms with E-state index < -0.39 is 0 Å². The van der Waals surface area contributed by atoms with Crippen molar-refractivity contribution in [3.8, 4) is 11.1 Å². The van der Waals surface area contributed by atoms with Gasteiger partial charge in [-0.15, -0.1) is 0 Å². The second-order valence-electron chi connectivity index (χ2n) is 8.01. The Hall–Kier alpha value is -2.85. The van der Waals surface area contributed by atoms with Crippen LogP contribution in [-0.4, -0.2) is 21.1 Å². The van der Waals surface area contributed by atoms with E-state index in [-0.39, 0.29) is 0 Å². The minimum atomic E-state index is 0.770. The highest BCUT2D eigenvalue weighted by atomic mass is 35.5. The van der Waals surface area contributed by atoms with Crippen LogP contribution in [0.2, 0.25) is 5.02 Å². The summed E-state index contributed by atoms with van der Waals surface area (Å²) in [6.07, 6.45) is 6.35. The van der Waals surface area contributed by atoms with E-state index in [1.807, 2.05) is 18.3 Å². The van der Waals surface area contributed by atoms with E-state index in [1.165, 1.54) is 44.5 Å². The Kier molecular flexibility index (Phi) is 4.75. The van der Waals surface area contributed by atoms with Gasteiger partial charge in [0, 0.05) is 41.6 Å². The maximum atomic E-state index is 6.18. The average Bonchev–Trinajstić information content (AvgIpc) is 3.09. The number of anilines is 1. The summed E-state index contributed by atoms with van der Waals surface area (Å²) in [5, 5.41) is 2.10. The maximum Gasteiger partial charge on any atom is 0.0779 e. The minimum Gasteiger partial charge on any atom is -0.362 e. The highest BCUT2D eigenvalue weighted by molar-refractivity contribution is 6.30. The predicted molar refractivity (Wildman–Crippen MR) is 124 cm³/mol. The van der Waals surface area contributed by atoms with E-state index in [0.717, 1.165) is 36.8 Å². The first-order chi connectivity index (χ1) is 14.6. The van der Waals surface area contributed by atoms with Crippen molar-refractivity contribution in [3.63, 3.8) is 0 Å². The van der Waals surface area contributed by atoms with E-state index >= 15 is 0 Å². The molecule has 0 fully saturated rings. The van der Waals surface area contributed by atoms with E-state index in [9.17, 15) is 0 Å². The third kappa shape index (κ3) is 2.98. The highest BCUT2D eigenvalue weighted by Crippen LogP contribution is 2.45. The molecule has 0 N–H and O–H groups in total. The number of hydrogen-bond acceptors (Lipinski definition) is 3. The maximum absolute atomic E-state index is 6.18. The fourth-order valence-electron chi connectivity index (χ4n) is 4.95. The molecule has 0 unspecified atom stereocenters. The lowest BCUT2D eigenvalue weighted by Crippen LogP contribution is -2.32. The smallest absolute Gasteiger partial charge is 0.0779 e. The normalized spacial score (nSPS) is 13.3. The Labute approximate surface area is 182 Å². The summed E-state index contributed by atoms with van der Waals surface area (Å²) in [4.78, 5) is 11.3. The van der Waals surface area contributed by atoms with Crippen molar-refractivity contribution in [3.05, 3.63) is 76.5 Å². The van der Waals surface area contributed by atoms with Crippen molar-refractivity contribution in [1.29, 1.82) is 0 Å². The van der Waals surface area contributed by atoms with Crippen LogP contribution in [-0.2, 0) is 19.5 Å². The minimum absolute atomic E-state index is 0.770. The zero-order valence-electron chi connectivity index (χ0n) is 17.6. The van der Waals surface area contributed by atoms with E-state index in [1.54, 1.807) is 12.4 Å². The Balaban J connectivity index is 1.77. The van der Waals surface area contributed by atoms with Crippen LogP contribution in [0, 0.1) is 13.8 Å². The molecule has 1 aliphatic rings. The fraction of sp³-hybridized carbons (Fsp3) is 0.280. The molecule has 152 valence electrons. The van der Waals surface area contributed by atoms with Gasteiger partial charge in [-0.05, 0) is 60.7 Å². The molecule has 0 saturated heterocycles. The second kappa shape index (κ2) is 7.44. The molecule has 3 heterocycles. The third-order valence-electron chi connectivity index (χ3n) is 6.27. The predicted octanol–water partition coefficient (Wildman–Crippen LogP) is 5.95. The van der Waals surface area contributed by atoms with Gasteiger partial charge in [0.1, 0.15) is 0 Å². The zero-order valence-corrected chi connectivity index (χ0v) is 18.4. The SMILES string of the molecule is CCc1c(C)c2c3c(cc(C)n3CCN2Cc2cnccn2)c1-c1ccc(Cl)cc1. The van der Waals surface area contributed by atoms with Crippen molar-refractivity contribution in [2.75, 3.05) is 11.4 Å². The number of nitrogens with zero attached hydrogens (tertiary/aromatic N) is 4. The number of halogens is 1. The van der Waals surface area contributed by atoms with Crippen molar-refractivity contribution in [1.82, 2.24) is 14.5 Å². The van der Waals surface area contributed by atoms with Gasteiger partial charge in [-0.1, -0.05) is 30.7 Å². The van der Waals surface area contributed by atoms with Gasteiger partial charge in [-0.2, -0.15) is 0 Å². The lowest BCUT2D eigenvalue weighted by molar-refractivity contribution is 0.631. The van der Waals surface area contributed by atoms with Crippen LogP contribution in [0.3, 0.4) is 0 Å². The molecule has 0 aliphatic carbocycles. The lowest BCUT2D eigenvalue weighted by atomic mass is 9.89. The Bertz CT molecular complexity index is 1230. The van der Waals surface area contributed by atoms with Gasteiger partial charge in [-0.25, -0.2) is 0 Å². The quantitative estimate of drug-likeness (QED) is 0.412. The molecule has 2 aromatic heterocycles. The van der Waals surface area contributed by atoms with Gasteiger partial charge in [0.25, 0.3) is 0 Å². The number of rotatable bonds is 4. The Morgan fingerprint density at radius 3 is 2.57 bits per heavy atom. The first-order valence-electron chi connectivity index (χ1n) is 10.5. The van der Waals surface area contributed by atoms with E-state index in [4.69, 9.17) is 11.6 Å². The van der Waals surface area contributed by atoms with Gasteiger partial charge in [0.2, 0.25) is 0 Å². The Morgan fingerprint density at radius 2 is 1.87 bits per heavy atom. The zero-order chi connectivity index (χ0) is 20.8. The monoisotopic (exact) mass is 416 g/mol. The van der Waals surface area contributed by atoms with E-state index in [0.29, 0.717) is 0 Å². The molecule has 0 bridgehead atoms. The van der Waals surface area contributed by atoms with Crippen molar-refractivity contribution < 1.29 is 0 Å². The molecule has 1 aliphatic heterocycles. The summed E-state index contributed by atoms with van der Waals surface area (Å²) < 4.78 is 2.48. The lowest BCUT2D eigenvalue weighted by Gasteiger charge is -2.34.